The molecule has 2 heterocycles. The molecule has 0 radical (unpaired) electrons. The maximum Gasteiger partial charge on any atom is 0.339 e. The first-order valence-corrected chi connectivity index (χ1v) is 15.4. The van der Waals surface area contributed by atoms with Gasteiger partial charge < -0.3 is 10.1 Å². The van der Waals surface area contributed by atoms with Crippen LogP contribution in [0.5, 0.6) is 0 Å². The zero-order valence-electron chi connectivity index (χ0n) is 22.0. The van der Waals surface area contributed by atoms with E-state index in [1.54, 1.807) is 24.4 Å². The zero-order valence-corrected chi connectivity index (χ0v) is 25.2. The number of rotatable bonds is 9. The summed E-state index contributed by atoms with van der Waals surface area (Å²) in [5.41, 5.74) is 3.80. The minimum absolute atomic E-state index is 0.0996. The highest BCUT2D eigenvalue weighted by Crippen LogP contribution is 2.43. The Morgan fingerprint density at radius 2 is 1.90 bits per heavy atom. The summed E-state index contributed by atoms with van der Waals surface area (Å²) >= 11 is 9.48. The first-order chi connectivity index (χ1) is 19.5. The van der Waals surface area contributed by atoms with Gasteiger partial charge in [0.1, 0.15) is 11.5 Å². The van der Waals surface area contributed by atoms with Crippen LogP contribution in [0.15, 0.2) is 53.1 Å². The number of nitrogens with zero attached hydrogens (tertiary/aromatic N) is 2. The molecule has 0 spiro atoms. The molecule has 41 heavy (non-hydrogen) atoms. The van der Waals surface area contributed by atoms with E-state index in [0.29, 0.717) is 37.9 Å². The smallest absolute Gasteiger partial charge is 0.339 e. The van der Waals surface area contributed by atoms with Crippen molar-refractivity contribution in [2.24, 2.45) is 0 Å². The molecule has 13 heteroatoms. The molecule has 5 rings (SSSR count). The monoisotopic (exact) mass is 662 g/mol. The Bertz CT molecular complexity index is 1790. The van der Waals surface area contributed by atoms with Crippen LogP contribution in [0, 0.1) is 5.82 Å². The largest absolute Gasteiger partial charge is 0.465 e. The van der Waals surface area contributed by atoms with Crippen molar-refractivity contribution in [2.45, 2.75) is 31.1 Å². The molecular weight excluding hydrogens is 639 g/mol. The number of hydrogen-bond donors (Lipinski definition) is 2. The molecule has 9 nitrogen and oxygen atoms in total. The Labute approximate surface area is 249 Å². The van der Waals surface area contributed by atoms with E-state index in [1.807, 2.05) is 6.07 Å². The van der Waals surface area contributed by atoms with E-state index in [9.17, 15) is 22.4 Å². The standard InChI is InChI=1S/C28H25BrClFN4O5S/c1-32-27(36)24-23-11-20(16-3-4-16)18(13-35(23)34-26(24)17-5-7-19(31)8-6-17)14-41(38,39)33-12-15-9-21(28(37)40-2)25(29)22(30)10-15/h5-11,13,16,33H,3-4,12,14H2,1-2H3,(H,32,36). The topological polar surface area (TPSA) is 119 Å². The van der Waals surface area contributed by atoms with Crippen LogP contribution < -0.4 is 10.0 Å². The SMILES string of the molecule is CNC(=O)c1c(-c2ccc(F)cc2)nn2cc(CS(=O)(=O)NCc3cc(Cl)c(Br)c(C(=O)OC)c3)c(C3CC3)cc12. The highest BCUT2D eigenvalue weighted by Gasteiger charge is 2.30. The Hall–Kier alpha value is -3.32. The second-order valence-corrected chi connectivity index (χ2v) is 12.7. The number of methoxy groups -OCH3 is 1. The van der Waals surface area contributed by atoms with Crippen molar-refractivity contribution in [1.82, 2.24) is 19.7 Å². The predicted molar refractivity (Wildman–Crippen MR) is 156 cm³/mol. The summed E-state index contributed by atoms with van der Waals surface area (Å²) in [7, 11) is -1.10. The maximum atomic E-state index is 13.6. The van der Waals surface area contributed by atoms with Crippen molar-refractivity contribution >= 4 is 54.9 Å². The number of benzene rings is 2. The van der Waals surface area contributed by atoms with Gasteiger partial charge in [-0.05, 0) is 93.8 Å². The van der Waals surface area contributed by atoms with Gasteiger partial charge in [0.2, 0.25) is 10.0 Å². The van der Waals surface area contributed by atoms with Crippen molar-refractivity contribution in [3.05, 3.63) is 91.8 Å². The number of amides is 1. The number of aromatic nitrogens is 2. The number of fused-ring (bicyclic) bond motifs is 1. The van der Waals surface area contributed by atoms with Crippen LogP contribution in [0.25, 0.3) is 16.8 Å². The van der Waals surface area contributed by atoms with Gasteiger partial charge in [-0.1, -0.05) is 11.6 Å². The Kier molecular flexibility index (Phi) is 8.20. The molecule has 0 unspecified atom stereocenters. The number of halogens is 3. The molecule has 214 valence electrons. The number of hydrogen-bond acceptors (Lipinski definition) is 6. The minimum Gasteiger partial charge on any atom is -0.465 e. The number of sulfonamides is 1. The van der Waals surface area contributed by atoms with E-state index < -0.39 is 21.8 Å². The van der Waals surface area contributed by atoms with E-state index in [-0.39, 0.29) is 34.7 Å². The van der Waals surface area contributed by atoms with Crippen LogP contribution in [0.2, 0.25) is 5.02 Å². The van der Waals surface area contributed by atoms with E-state index in [4.69, 9.17) is 16.3 Å². The number of carbonyl (C=O) groups is 2. The lowest BCUT2D eigenvalue weighted by Crippen LogP contribution is -2.25. The van der Waals surface area contributed by atoms with Crippen molar-refractivity contribution < 1.29 is 27.1 Å². The molecule has 0 atom stereocenters. The highest BCUT2D eigenvalue weighted by molar-refractivity contribution is 9.10. The highest BCUT2D eigenvalue weighted by atomic mass is 79.9. The Morgan fingerprint density at radius 1 is 1.20 bits per heavy atom. The molecule has 0 saturated heterocycles. The van der Waals surface area contributed by atoms with Crippen LogP contribution in [-0.4, -0.2) is 44.1 Å². The molecule has 1 aliphatic rings. The van der Waals surface area contributed by atoms with Gasteiger partial charge in [0.15, 0.2) is 0 Å². The maximum absolute atomic E-state index is 13.6. The Balaban J connectivity index is 1.49. The van der Waals surface area contributed by atoms with E-state index in [2.05, 4.69) is 31.1 Å². The lowest BCUT2D eigenvalue weighted by Gasteiger charge is -2.13. The molecule has 1 fully saturated rings. The number of nitrogens with one attached hydrogen (secondary N) is 2. The normalized spacial score (nSPS) is 13.4. The average Bonchev–Trinajstić information content (AvgIpc) is 3.73. The summed E-state index contributed by atoms with van der Waals surface area (Å²) in [5, 5.41) is 7.47. The van der Waals surface area contributed by atoms with Crippen molar-refractivity contribution in [3.63, 3.8) is 0 Å². The third-order valence-electron chi connectivity index (χ3n) is 6.81. The lowest BCUT2D eigenvalue weighted by atomic mass is 10.0. The van der Waals surface area contributed by atoms with E-state index in [0.717, 1.165) is 18.4 Å². The van der Waals surface area contributed by atoms with Crippen molar-refractivity contribution in [2.75, 3.05) is 14.2 Å². The number of esters is 1. The quantitative estimate of drug-likeness (QED) is 0.238. The molecule has 0 aliphatic heterocycles. The zero-order chi connectivity index (χ0) is 29.5. The first-order valence-electron chi connectivity index (χ1n) is 12.6. The van der Waals surface area contributed by atoms with E-state index >= 15 is 0 Å². The fourth-order valence-corrected chi connectivity index (χ4v) is 6.43. The minimum atomic E-state index is -3.86. The van der Waals surface area contributed by atoms with Gasteiger partial charge in [-0.25, -0.2) is 26.8 Å². The molecule has 1 aliphatic carbocycles. The Morgan fingerprint density at radius 3 is 2.54 bits per heavy atom. The van der Waals surface area contributed by atoms with Crippen LogP contribution in [0.4, 0.5) is 4.39 Å². The summed E-state index contributed by atoms with van der Waals surface area (Å²) in [6.07, 6.45) is 3.44. The summed E-state index contributed by atoms with van der Waals surface area (Å²) in [6.45, 7) is -0.0996. The second kappa shape index (κ2) is 11.5. The second-order valence-electron chi connectivity index (χ2n) is 9.68. The number of carbonyl (C=O) groups excluding carboxylic acids is 2. The summed E-state index contributed by atoms with van der Waals surface area (Å²) in [5.74, 6) is -1.55. The molecule has 1 amide bonds. The first kappa shape index (κ1) is 29.2. The molecule has 1 saturated carbocycles. The fourth-order valence-electron chi connectivity index (χ4n) is 4.65. The van der Waals surface area contributed by atoms with Gasteiger partial charge in [0.25, 0.3) is 5.91 Å². The third kappa shape index (κ3) is 6.15. The van der Waals surface area contributed by atoms with Gasteiger partial charge in [0.05, 0.1) is 39.0 Å². The van der Waals surface area contributed by atoms with Crippen LogP contribution in [-0.2, 0) is 27.1 Å². The number of pyridine rings is 1. The third-order valence-corrected chi connectivity index (χ3v) is 9.47. The number of ether oxygens (including phenoxy) is 1. The molecular formula is C28H25BrClFN4O5S. The van der Waals surface area contributed by atoms with Gasteiger partial charge in [0, 0.05) is 25.4 Å². The van der Waals surface area contributed by atoms with Crippen LogP contribution in [0.3, 0.4) is 0 Å². The van der Waals surface area contributed by atoms with Crippen LogP contribution in [0.1, 0.15) is 56.2 Å². The van der Waals surface area contributed by atoms with Gasteiger partial charge in [-0.2, -0.15) is 5.10 Å². The van der Waals surface area contributed by atoms with Crippen molar-refractivity contribution in [3.8, 4) is 11.3 Å². The molecule has 2 aromatic carbocycles. The molecule has 4 aromatic rings. The van der Waals surface area contributed by atoms with Gasteiger partial charge in [-0.3, -0.25) is 4.79 Å². The van der Waals surface area contributed by atoms with E-state index in [1.165, 1.54) is 36.9 Å². The fraction of sp³-hybridized carbons (Fsp3) is 0.250. The summed E-state index contributed by atoms with van der Waals surface area (Å²) in [4.78, 5) is 25.0. The summed E-state index contributed by atoms with van der Waals surface area (Å²) < 4.78 is 49.3. The molecule has 2 N–H and O–H groups in total. The summed E-state index contributed by atoms with van der Waals surface area (Å²) in [6, 6.07) is 10.6. The van der Waals surface area contributed by atoms with Crippen molar-refractivity contribution in [1.29, 1.82) is 0 Å². The van der Waals surface area contributed by atoms with Gasteiger partial charge in [-0.15, -0.1) is 0 Å². The lowest BCUT2D eigenvalue weighted by molar-refractivity contribution is 0.0599. The van der Waals surface area contributed by atoms with Crippen LogP contribution >= 0.6 is 27.5 Å². The average molecular weight is 664 g/mol. The predicted octanol–water partition coefficient (Wildman–Crippen LogP) is 5.20. The molecule has 0 bridgehead atoms. The van der Waals surface area contributed by atoms with Gasteiger partial charge >= 0.3 is 5.97 Å². The molecule has 2 aromatic heterocycles.